The van der Waals surface area contributed by atoms with Crippen LogP contribution >= 0.6 is 0 Å². The van der Waals surface area contributed by atoms with Crippen LogP contribution in [0.5, 0.6) is 0 Å². The van der Waals surface area contributed by atoms with Gasteiger partial charge in [0.05, 0.1) is 11.6 Å². The Kier molecular flexibility index (Phi) is 5.70. The zero-order chi connectivity index (χ0) is 16.9. The number of piperidine rings is 1. The molecule has 1 fully saturated rings. The van der Waals surface area contributed by atoms with E-state index >= 15 is 0 Å². The molecule has 0 saturated carbocycles. The summed E-state index contributed by atoms with van der Waals surface area (Å²) in [6, 6.07) is 0. The molecule has 0 unspecified atom stereocenters. The second-order valence-corrected chi connectivity index (χ2v) is 5.82. The van der Waals surface area contributed by atoms with Crippen LogP contribution < -0.4 is 10.2 Å². The third-order valence-electron chi connectivity index (χ3n) is 4.29. The summed E-state index contributed by atoms with van der Waals surface area (Å²) in [4.78, 5) is 21.8. The van der Waals surface area contributed by atoms with E-state index in [1.165, 1.54) is 0 Å². The van der Waals surface area contributed by atoms with E-state index in [2.05, 4.69) is 15.3 Å². The Balaban J connectivity index is 2.19. The van der Waals surface area contributed by atoms with Crippen LogP contribution in [0.15, 0.2) is 6.20 Å². The Morgan fingerprint density at radius 3 is 3.04 bits per heavy atom. The molecule has 1 aromatic heterocycles. The smallest absolute Gasteiger partial charge is 0.311 e. The summed E-state index contributed by atoms with van der Waals surface area (Å²) in [6.45, 7) is 1.51. The molecule has 7 nitrogen and oxygen atoms in total. The minimum Gasteiger partial charge on any atom is -0.481 e. The molecule has 0 aromatic carbocycles. The molecule has 1 aliphatic rings. The van der Waals surface area contributed by atoms with Gasteiger partial charge in [-0.2, -0.15) is 4.98 Å². The van der Waals surface area contributed by atoms with Gasteiger partial charge < -0.3 is 20.1 Å². The molecule has 1 atom stereocenters. The number of hydrogen-bond acceptors (Lipinski definition) is 6. The van der Waals surface area contributed by atoms with Gasteiger partial charge >= 0.3 is 5.97 Å². The fourth-order valence-corrected chi connectivity index (χ4v) is 3.03. The van der Waals surface area contributed by atoms with E-state index in [0.717, 1.165) is 12.6 Å². The summed E-state index contributed by atoms with van der Waals surface area (Å²) in [7, 11) is 3.18. The number of rotatable bonds is 7. The third-order valence-corrected chi connectivity index (χ3v) is 4.29. The van der Waals surface area contributed by atoms with Gasteiger partial charge in [-0.25, -0.2) is 9.37 Å². The van der Waals surface area contributed by atoms with Crippen molar-refractivity contribution >= 4 is 17.7 Å². The maximum atomic E-state index is 13.5. The summed E-state index contributed by atoms with van der Waals surface area (Å²) in [6.07, 6.45) is 3.67. The Morgan fingerprint density at radius 2 is 2.39 bits per heavy atom. The lowest BCUT2D eigenvalue weighted by molar-refractivity contribution is -0.150. The van der Waals surface area contributed by atoms with Gasteiger partial charge in [-0.1, -0.05) is 0 Å². The maximum Gasteiger partial charge on any atom is 0.311 e. The first-order valence-electron chi connectivity index (χ1n) is 7.70. The predicted octanol–water partition coefficient (Wildman–Crippen LogP) is 1.76. The molecule has 0 amide bonds. The van der Waals surface area contributed by atoms with E-state index in [4.69, 9.17) is 4.74 Å². The fourth-order valence-electron chi connectivity index (χ4n) is 3.03. The number of nitrogens with zero attached hydrogens (tertiary/aromatic N) is 3. The van der Waals surface area contributed by atoms with E-state index < -0.39 is 17.2 Å². The van der Waals surface area contributed by atoms with Gasteiger partial charge in [0.2, 0.25) is 5.95 Å². The number of carboxylic acid groups (broad SMARTS) is 1. The van der Waals surface area contributed by atoms with Crippen molar-refractivity contribution in [1.82, 2.24) is 9.97 Å². The number of ether oxygens (including phenoxy) is 1. The van der Waals surface area contributed by atoms with Gasteiger partial charge in [0.25, 0.3) is 0 Å². The zero-order valence-corrected chi connectivity index (χ0v) is 13.5. The molecule has 1 aliphatic heterocycles. The van der Waals surface area contributed by atoms with Gasteiger partial charge in [-0.05, 0) is 25.7 Å². The van der Waals surface area contributed by atoms with Gasteiger partial charge in [0, 0.05) is 33.9 Å². The van der Waals surface area contributed by atoms with Crippen molar-refractivity contribution in [1.29, 1.82) is 0 Å². The molecule has 2 N–H and O–H groups in total. The first-order valence-corrected chi connectivity index (χ1v) is 7.70. The Morgan fingerprint density at radius 1 is 1.61 bits per heavy atom. The summed E-state index contributed by atoms with van der Waals surface area (Å²) in [5.41, 5.74) is -0.839. The monoisotopic (exact) mass is 326 g/mol. The van der Waals surface area contributed by atoms with Crippen molar-refractivity contribution in [3.63, 3.8) is 0 Å². The van der Waals surface area contributed by atoms with Crippen LogP contribution in [0.3, 0.4) is 0 Å². The molecule has 2 heterocycles. The number of anilines is 2. The molecular weight excluding hydrogens is 303 g/mol. The molecule has 8 heteroatoms. The van der Waals surface area contributed by atoms with Crippen LogP contribution in [0.4, 0.5) is 16.2 Å². The van der Waals surface area contributed by atoms with Gasteiger partial charge in [-0.15, -0.1) is 0 Å². The van der Waals surface area contributed by atoms with Gasteiger partial charge in [0.1, 0.15) is 0 Å². The van der Waals surface area contributed by atoms with Crippen LogP contribution in [0.25, 0.3) is 0 Å². The molecule has 128 valence electrons. The number of carboxylic acids is 1. The van der Waals surface area contributed by atoms with Crippen molar-refractivity contribution in [3.8, 4) is 0 Å². The van der Waals surface area contributed by atoms with E-state index in [0.29, 0.717) is 44.9 Å². The molecule has 0 aliphatic carbocycles. The molecule has 1 saturated heterocycles. The van der Waals surface area contributed by atoms with E-state index in [1.54, 1.807) is 14.2 Å². The lowest BCUT2D eigenvalue weighted by Crippen LogP contribution is -2.48. The lowest BCUT2D eigenvalue weighted by atomic mass is 9.76. The second kappa shape index (κ2) is 7.54. The minimum absolute atomic E-state index is 0.112. The Hall–Kier alpha value is -1.96. The van der Waals surface area contributed by atoms with Gasteiger partial charge in [0.15, 0.2) is 11.6 Å². The number of halogens is 1. The number of hydrogen-bond donors (Lipinski definition) is 2. The third kappa shape index (κ3) is 3.87. The molecule has 0 radical (unpaired) electrons. The van der Waals surface area contributed by atoms with Crippen molar-refractivity contribution in [2.75, 3.05) is 44.1 Å². The van der Waals surface area contributed by atoms with Gasteiger partial charge in [-0.3, -0.25) is 4.79 Å². The SMILES string of the molecule is CNc1nc(N2CCC[C@@](CCCOC)(C(=O)O)C2)ncc1F. The zero-order valence-electron chi connectivity index (χ0n) is 13.5. The topological polar surface area (TPSA) is 87.6 Å². The molecule has 23 heavy (non-hydrogen) atoms. The Labute approximate surface area is 134 Å². The number of methoxy groups -OCH3 is 1. The number of carbonyl (C=O) groups is 1. The highest BCUT2D eigenvalue weighted by Crippen LogP contribution is 2.36. The van der Waals surface area contributed by atoms with E-state index in [-0.39, 0.29) is 5.82 Å². The number of aromatic nitrogens is 2. The summed E-state index contributed by atoms with van der Waals surface area (Å²) < 4.78 is 18.5. The molecule has 1 aromatic rings. The second-order valence-electron chi connectivity index (χ2n) is 5.82. The Bertz CT molecular complexity index is 558. The molecule has 0 spiro atoms. The average Bonchev–Trinajstić information content (AvgIpc) is 2.55. The van der Waals surface area contributed by atoms with Crippen molar-refractivity contribution < 1.29 is 19.0 Å². The summed E-state index contributed by atoms with van der Waals surface area (Å²) in [5, 5.41) is 12.4. The predicted molar refractivity (Wildman–Crippen MR) is 84.2 cm³/mol. The lowest BCUT2D eigenvalue weighted by Gasteiger charge is -2.40. The van der Waals surface area contributed by atoms with Crippen LogP contribution in [0.2, 0.25) is 0 Å². The standard InChI is InChI=1S/C15H23FN4O3/c1-17-12-11(16)9-18-14(19-12)20-7-3-5-15(10-20,13(21)22)6-4-8-23-2/h9H,3-8,10H2,1-2H3,(H,21,22)(H,17,18,19)/t15-/m0/s1. The van der Waals surface area contributed by atoms with Crippen molar-refractivity contribution in [2.24, 2.45) is 5.41 Å². The fraction of sp³-hybridized carbons (Fsp3) is 0.667. The first kappa shape index (κ1) is 17.4. The minimum atomic E-state index is -0.839. The highest BCUT2D eigenvalue weighted by atomic mass is 19.1. The van der Waals surface area contributed by atoms with Crippen LogP contribution in [-0.4, -0.2) is 54.9 Å². The molecule has 0 bridgehead atoms. The molecule has 2 rings (SSSR count). The summed E-state index contributed by atoms with van der Waals surface area (Å²) >= 11 is 0. The van der Waals surface area contributed by atoms with Crippen LogP contribution in [0, 0.1) is 11.2 Å². The number of nitrogens with one attached hydrogen (secondary N) is 1. The van der Waals surface area contributed by atoms with E-state index in [9.17, 15) is 14.3 Å². The van der Waals surface area contributed by atoms with Crippen LogP contribution in [-0.2, 0) is 9.53 Å². The highest BCUT2D eigenvalue weighted by Gasteiger charge is 2.42. The normalized spacial score (nSPS) is 21.3. The summed E-state index contributed by atoms with van der Waals surface area (Å²) in [5.74, 6) is -0.874. The average molecular weight is 326 g/mol. The van der Waals surface area contributed by atoms with E-state index in [1.807, 2.05) is 4.90 Å². The van der Waals surface area contributed by atoms with Crippen molar-refractivity contribution in [3.05, 3.63) is 12.0 Å². The van der Waals surface area contributed by atoms with Crippen molar-refractivity contribution in [2.45, 2.75) is 25.7 Å². The van der Waals surface area contributed by atoms with Crippen LogP contribution in [0.1, 0.15) is 25.7 Å². The quantitative estimate of drug-likeness (QED) is 0.738. The highest BCUT2D eigenvalue weighted by molar-refractivity contribution is 5.76. The molecular formula is C15H23FN4O3. The first-order chi connectivity index (χ1) is 11.0. The number of aliphatic carboxylic acids is 1. The maximum absolute atomic E-state index is 13.5. The largest absolute Gasteiger partial charge is 0.481 e.